The topological polar surface area (TPSA) is 66.9 Å². The van der Waals surface area contributed by atoms with Crippen molar-refractivity contribution in [3.8, 4) is 0 Å². The lowest BCUT2D eigenvalue weighted by Crippen LogP contribution is -2.26. The molecule has 1 amide bonds. The van der Waals surface area contributed by atoms with Gasteiger partial charge in [-0.05, 0) is 42.3 Å². The van der Waals surface area contributed by atoms with Gasteiger partial charge in [0.25, 0.3) is 5.91 Å². The van der Waals surface area contributed by atoms with Crippen molar-refractivity contribution in [2.75, 3.05) is 11.9 Å². The Balaban J connectivity index is 1.60. The highest BCUT2D eigenvalue weighted by Gasteiger charge is 2.10. The number of carbonyl (C=O) groups is 1. The van der Waals surface area contributed by atoms with Gasteiger partial charge in [0.2, 0.25) is 5.95 Å². The highest BCUT2D eigenvalue weighted by Crippen LogP contribution is 2.18. The molecule has 5 nitrogen and oxygen atoms in total. The summed E-state index contributed by atoms with van der Waals surface area (Å²) >= 11 is 5.83. The van der Waals surface area contributed by atoms with Crippen LogP contribution in [-0.2, 0) is 6.42 Å². The number of amides is 1. The fourth-order valence-electron chi connectivity index (χ4n) is 2.32. The zero-order chi connectivity index (χ0) is 19.2. The van der Waals surface area contributed by atoms with Crippen molar-refractivity contribution in [1.82, 2.24) is 15.3 Å². The number of aromatic nitrogens is 2. The lowest BCUT2D eigenvalue weighted by atomic mass is 10.1. The number of benzene rings is 2. The van der Waals surface area contributed by atoms with E-state index >= 15 is 0 Å². The largest absolute Gasteiger partial charge is 0.350 e. The molecule has 0 saturated heterocycles. The van der Waals surface area contributed by atoms with Crippen LogP contribution in [0.1, 0.15) is 16.1 Å². The van der Waals surface area contributed by atoms with Gasteiger partial charge in [-0.15, -0.1) is 0 Å². The second-order valence-corrected chi connectivity index (χ2v) is 6.08. The zero-order valence-electron chi connectivity index (χ0n) is 14.0. The Kier molecular flexibility index (Phi) is 5.93. The number of halogens is 3. The van der Waals surface area contributed by atoms with E-state index in [-0.39, 0.29) is 23.2 Å². The summed E-state index contributed by atoms with van der Waals surface area (Å²) < 4.78 is 26.7. The van der Waals surface area contributed by atoms with Crippen molar-refractivity contribution in [2.24, 2.45) is 0 Å². The Hall–Kier alpha value is -3.06. The molecule has 2 N–H and O–H groups in total. The van der Waals surface area contributed by atoms with E-state index in [1.54, 1.807) is 12.1 Å². The monoisotopic (exact) mass is 388 g/mol. The third kappa shape index (κ3) is 5.21. The first-order chi connectivity index (χ1) is 13.0. The van der Waals surface area contributed by atoms with Crippen LogP contribution in [0.4, 0.5) is 20.4 Å². The van der Waals surface area contributed by atoms with Crippen LogP contribution in [0.15, 0.2) is 54.7 Å². The molecule has 0 saturated carbocycles. The number of hydrogen-bond donors (Lipinski definition) is 2. The predicted octanol–water partition coefficient (Wildman–Crippen LogP) is 4.12. The van der Waals surface area contributed by atoms with Gasteiger partial charge < -0.3 is 10.6 Å². The molecule has 8 heteroatoms. The Bertz CT molecular complexity index is 951. The van der Waals surface area contributed by atoms with Crippen LogP contribution in [-0.4, -0.2) is 22.4 Å². The Morgan fingerprint density at radius 3 is 2.59 bits per heavy atom. The van der Waals surface area contributed by atoms with Crippen molar-refractivity contribution in [3.63, 3.8) is 0 Å². The lowest BCUT2D eigenvalue weighted by Gasteiger charge is -2.08. The highest BCUT2D eigenvalue weighted by atomic mass is 35.5. The molecular formula is C19H15ClF2N4O. The highest BCUT2D eigenvalue weighted by molar-refractivity contribution is 6.30. The molecule has 0 atom stereocenters. The van der Waals surface area contributed by atoms with Crippen LogP contribution in [0.3, 0.4) is 0 Å². The van der Waals surface area contributed by atoms with E-state index in [1.807, 2.05) is 12.1 Å². The van der Waals surface area contributed by atoms with E-state index < -0.39 is 11.6 Å². The number of nitrogens with zero attached hydrogens (tertiary/aromatic N) is 2. The second-order valence-electron chi connectivity index (χ2n) is 5.65. The third-order valence-electron chi connectivity index (χ3n) is 3.68. The van der Waals surface area contributed by atoms with Gasteiger partial charge in [0.05, 0.1) is 5.69 Å². The number of nitrogens with one attached hydrogen (secondary N) is 2. The van der Waals surface area contributed by atoms with Gasteiger partial charge in [-0.2, -0.15) is 0 Å². The van der Waals surface area contributed by atoms with Crippen LogP contribution in [0.5, 0.6) is 0 Å². The van der Waals surface area contributed by atoms with Gasteiger partial charge in [0.15, 0.2) is 0 Å². The van der Waals surface area contributed by atoms with Crippen LogP contribution < -0.4 is 10.6 Å². The van der Waals surface area contributed by atoms with Crippen LogP contribution in [0, 0.1) is 11.6 Å². The maximum absolute atomic E-state index is 13.7. The van der Waals surface area contributed by atoms with Crippen molar-refractivity contribution in [1.29, 1.82) is 0 Å². The molecule has 0 unspecified atom stereocenters. The van der Waals surface area contributed by atoms with Crippen LogP contribution >= 0.6 is 11.6 Å². The maximum atomic E-state index is 13.7. The number of carbonyl (C=O) groups excluding carboxylic acids is 1. The standard InChI is InChI=1S/C19H15ClF2N4O/c20-13-3-1-12(2-4-13)7-9-23-18(27)17-8-10-24-19(26-17)25-16-6-5-14(21)11-15(16)22/h1-6,8,10-11H,7,9H2,(H,23,27)(H,24,25,26). The lowest BCUT2D eigenvalue weighted by molar-refractivity contribution is 0.0949. The molecule has 0 bridgehead atoms. The molecule has 138 valence electrons. The molecule has 1 heterocycles. The molecule has 0 aliphatic rings. The van der Waals surface area contributed by atoms with Gasteiger partial charge in [-0.3, -0.25) is 4.79 Å². The summed E-state index contributed by atoms with van der Waals surface area (Å²) in [5, 5.41) is 6.04. The average Bonchev–Trinajstić information content (AvgIpc) is 2.66. The number of hydrogen-bond acceptors (Lipinski definition) is 4. The van der Waals surface area contributed by atoms with E-state index in [0.29, 0.717) is 18.0 Å². The smallest absolute Gasteiger partial charge is 0.270 e. The summed E-state index contributed by atoms with van der Waals surface area (Å²) in [5.41, 5.74) is 1.18. The van der Waals surface area contributed by atoms with Gasteiger partial charge in [0, 0.05) is 23.8 Å². The Morgan fingerprint density at radius 2 is 1.85 bits per heavy atom. The molecule has 0 spiro atoms. The van der Waals surface area contributed by atoms with Crippen molar-refractivity contribution in [3.05, 3.63) is 82.6 Å². The summed E-state index contributed by atoms with van der Waals surface area (Å²) in [6.07, 6.45) is 2.02. The summed E-state index contributed by atoms with van der Waals surface area (Å²) in [6.45, 7) is 0.416. The fraction of sp³-hybridized carbons (Fsp3) is 0.105. The summed E-state index contributed by atoms with van der Waals surface area (Å²) in [4.78, 5) is 20.2. The Labute approximate surface area is 159 Å². The first kappa shape index (κ1) is 18.7. The van der Waals surface area contributed by atoms with E-state index in [9.17, 15) is 13.6 Å². The molecule has 3 aromatic rings. The summed E-state index contributed by atoms with van der Waals surface area (Å²) in [7, 11) is 0. The molecule has 0 aliphatic carbocycles. The molecule has 0 fully saturated rings. The van der Waals surface area contributed by atoms with Gasteiger partial charge in [-0.1, -0.05) is 23.7 Å². The molecule has 27 heavy (non-hydrogen) atoms. The van der Waals surface area contributed by atoms with Gasteiger partial charge in [-0.25, -0.2) is 18.7 Å². The van der Waals surface area contributed by atoms with Crippen LogP contribution in [0.25, 0.3) is 0 Å². The Morgan fingerprint density at radius 1 is 1.07 bits per heavy atom. The van der Waals surface area contributed by atoms with E-state index in [2.05, 4.69) is 20.6 Å². The minimum atomic E-state index is -0.781. The van der Waals surface area contributed by atoms with E-state index in [0.717, 1.165) is 17.7 Å². The van der Waals surface area contributed by atoms with E-state index in [1.165, 1.54) is 18.3 Å². The van der Waals surface area contributed by atoms with Gasteiger partial charge >= 0.3 is 0 Å². The minimum absolute atomic E-state index is 0.0108. The quantitative estimate of drug-likeness (QED) is 0.666. The normalized spacial score (nSPS) is 10.5. The molecule has 1 aromatic heterocycles. The third-order valence-corrected chi connectivity index (χ3v) is 3.93. The van der Waals surface area contributed by atoms with Crippen molar-refractivity contribution < 1.29 is 13.6 Å². The maximum Gasteiger partial charge on any atom is 0.270 e. The average molecular weight is 389 g/mol. The minimum Gasteiger partial charge on any atom is -0.350 e. The first-order valence-electron chi connectivity index (χ1n) is 8.09. The predicted molar refractivity (Wildman–Crippen MR) is 99.2 cm³/mol. The second kappa shape index (κ2) is 8.55. The van der Waals surface area contributed by atoms with Gasteiger partial charge in [0.1, 0.15) is 17.3 Å². The van der Waals surface area contributed by atoms with E-state index in [4.69, 9.17) is 11.6 Å². The SMILES string of the molecule is O=C(NCCc1ccc(Cl)cc1)c1ccnc(Nc2ccc(F)cc2F)n1. The van der Waals surface area contributed by atoms with Crippen molar-refractivity contribution in [2.45, 2.75) is 6.42 Å². The fourth-order valence-corrected chi connectivity index (χ4v) is 2.44. The number of rotatable bonds is 6. The zero-order valence-corrected chi connectivity index (χ0v) is 14.8. The summed E-state index contributed by atoms with van der Waals surface area (Å²) in [6, 6.07) is 11.9. The first-order valence-corrected chi connectivity index (χ1v) is 8.47. The number of anilines is 2. The molecule has 0 radical (unpaired) electrons. The molecular weight excluding hydrogens is 374 g/mol. The molecule has 3 rings (SSSR count). The van der Waals surface area contributed by atoms with Crippen LogP contribution in [0.2, 0.25) is 5.02 Å². The molecule has 0 aliphatic heterocycles. The molecule has 2 aromatic carbocycles. The summed E-state index contributed by atoms with van der Waals surface area (Å²) in [5.74, 6) is -1.82. The van der Waals surface area contributed by atoms with Crippen molar-refractivity contribution >= 4 is 29.1 Å².